The highest BCUT2D eigenvalue weighted by Gasteiger charge is 2.27. The van der Waals surface area contributed by atoms with Crippen molar-refractivity contribution in [1.82, 2.24) is 14.5 Å². The van der Waals surface area contributed by atoms with Crippen LogP contribution in [0.25, 0.3) is 28.5 Å². The van der Waals surface area contributed by atoms with Gasteiger partial charge in [0.2, 0.25) is 0 Å². The van der Waals surface area contributed by atoms with Gasteiger partial charge in [-0.25, -0.2) is 19.2 Å². The molecule has 4 rings (SSSR count). The van der Waals surface area contributed by atoms with Crippen LogP contribution in [0.5, 0.6) is 0 Å². The number of carbonyl (C=O) groups is 1. The summed E-state index contributed by atoms with van der Waals surface area (Å²) in [5, 5.41) is -0.0654. The van der Waals surface area contributed by atoms with Gasteiger partial charge in [0.25, 0.3) is 0 Å². The molecule has 2 aromatic heterocycles. The summed E-state index contributed by atoms with van der Waals surface area (Å²) in [6.07, 6.45) is 1.64. The normalized spacial score (nSPS) is 10.9. The van der Waals surface area contributed by atoms with Crippen molar-refractivity contribution in [2.24, 2.45) is 0 Å². The molecule has 0 spiro atoms. The lowest BCUT2D eigenvalue weighted by Gasteiger charge is -2.13. The first kappa shape index (κ1) is 22.2. The molecule has 0 aliphatic carbocycles. The summed E-state index contributed by atoms with van der Waals surface area (Å²) in [6, 6.07) is 15.6. The van der Waals surface area contributed by atoms with E-state index in [1.165, 1.54) is 12.1 Å². The molecule has 4 aromatic rings. The van der Waals surface area contributed by atoms with Gasteiger partial charge in [0.05, 0.1) is 17.3 Å². The van der Waals surface area contributed by atoms with Gasteiger partial charge >= 0.3 is 5.97 Å². The van der Waals surface area contributed by atoms with Crippen molar-refractivity contribution in [3.8, 4) is 28.5 Å². The van der Waals surface area contributed by atoms with Crippen LogP contribution in [-0.2, 0) is 4.74 Å². The third kappa shape index (κ3) is 4.31. The summed E-state index contributed by atoms with van der Waals surface area (Å²) in [5.41, 5.74) is 2.83. The van der Waals surface area contributed by atoms with Crippen LogP contribution in [0, 0.1) is 12.7 Å². The SMILES string of the molecule is CCOC(=O)c1nc(-c2cccc(C)c2)n(-c2cc(Br)ccn2)c1-c1ccc(F)c(Cl)c1. The zero-order valence-electron chi connectivity index (χ0n) is 17.3. The highest BCUT2D eigenvalue weighted by Crippen LogP contribution is 2.35. The number of pyridine rings is 1. The Morgan fingerprint density at radius 3 is 2.66 bits per heavy atom. The van der Waals surface area contributed by atoms with Gasteiger partial charge < -0.3 is 4.74 Å². The van der Waals surface area contributed by atoms with E-state index in [4.69, 9.17) is 16.3 Å². The van der Waals surface area contributed by atoms with Gasteiger partial charge in [-0.1, -0.05) is 51.3 Å². The molecule has 0 unspecified atom stereocenters. The lowest BCUT2D eigenvalue weighted by molar-refractivity contribution is 0.0521. The second kappa shape index (κ2) is 9.22. The standard InChI is InChI=1S/C24H18BrClFN3O2/c1-3-32-24(31)21-22(15-7-8-19(27)18(26)12-15)30(20-13-17(25)9-10-28-20)23(29-21)16-6-4-5-14(2)11-16/h4-13H,3H2,1-2H3. The number of aromatic nitrogens is 3. The molecule has 32 heavy (non-hydrogen) atoms. The molecule has 0 amide bonds. The maximum absolute atomic E-state index is 13.9. The van der Waals surface area contributed by atoms with E-state index in [9.17, 15) is 9.18 Å². The molecule has 0 aliphatic heterocycles. The number of halogens is 3. The summed E-state index contributed by atoms with van der Waals surface area (Å²) in [7, 11) is 0. The summed E-state index contributed by atoms with van der Waals surface area (Å²) in [5.74, 6) is -0.128. The number of benzene rings is 2. The Morgan fingerprint density at radius 1 is 1.16 bits per heavy atom. The fourth-order valence-corrected chi connectivity index (χ4v) is 3.89. The second-order valence-electron chi connectivity index (χ2n) is 7.02. The van der Waals surface area contributed by atoms with E-state index in [0.717, 1.165) is 15.6 Å². The molecule has 0 radical (unpaired) electrons. The van der Waals surface area contributed by atoms with Crippen LogP contribution in [0.3, 0.4) is 0 Å². The maximum atomic E-state index is 13.9. The quantitative estimate of drug-likeness (QED) is 0.280. The van der Waals surface area contributed by atoms with E-state index in [-0.39, 0.29) is 17.3 Å². The third-order valence-electron chi connectivity index (χ3n) is 4.75. The summed E-state index contributed by atoms with van der Waals surface area (Å²) >= 11 is 9.56. The fourth-order valence-electron chi connectivity index (χ4n) is 3.39. The highest BCUT2D eigenvalue weighted by molar-refractivity contribution is 9.10. The minimum atomic E-state index is -0.592. The van der Waals surface area contributed by atoms with E-state index in [0.29, 0.717) is 22.9 Å². The molecule has 0 bridgehead atoms. The average molecular weight is 515 g/mol. The predicted octanol–water partition coefficient (Wildman–Crippen LogP) is 6.64. The summed E-state index contributed by atoms with van der Waals surface area (Å²) < 4.78 is 21.8. The van der Waals surface area contributed by atoms with Crippen molar-refractivity contribution in [3.05, 3.63) is 87.4 Å². The first-order chi connectivity index (χ1) is 15.4. The molecule has 2 heterocycles. The zero-order chi connectivity index (χ0) is 22.8. The Balaban J connectivity index is 2.11. The Bertz CT molecular complexity index is 1320. The topological polar surface area (TPSA) is 57.0 Å². The molecule has 8 heteroatoms. The number of hydrogen-bond donors (Lipinski definition) is 0. The van der Waals surface area contributed by atoms with Crippen molar-refractivity contribution in [2.45, 2.75) is 13.8 Å². The number of ether oxygens (including phenoxy) is 1. The van der Waals surface area contributed by atoms with Crippen molar-refractivity contribution < 1.29 is 13.9 Å². The summed E-state index contributed by atoms with van der Waals surface area (Å²) in [6.45, 7) is 3.88. The Morgan fingerprint density at radius 2 is 1.97 bits per heavy atom. The second-order valence-corrected chi connectivity index (χ2v) is 8.34. The van der Waals surface area contributed by atoms with E-state index >= 15 is 0 Å². The molecular formula is C24H18BrClFN3O2. The monoisotopic (exact) mass is 513 g/mol. The van der Waals surface area contributed by atoms with Crippen molar-refractivity contribution in [3.63, 3.8) is 0 Å². The molecule has 0 fully saturated rings. The van der Waals surface area contributed by atoms with Gasteiger partial charge in [-0.3, -0.25) is 4.57 Å². The molecule has 0 saturated carbocycles. The lowest BCUT2D eigenvalue weighted by atomic mass is 10.1. The van der Waals surface area contributed by atoms with E-state index in [1.54, 1.807) is 29.8 Å². The number of rotatable bonds is 5. The molecule has 5 nitrogen and oxygen atoms in total. The number of carbonyl (C=O) groups excluding carboxylic acids is 1. The smallest absolute Gasteiger partial charge is 0.359 e. The Hall–Kier alpha value is -3.03. The first-order valence-corrected chi connectivity index (χ1v) is 11.0. The van der Waals surface area contributed by atoms with Gasteiger partial charge in [-0.05, 0) is 50.2 Å². The van der Waals surface area contributed by atoms with Crippen LogP contribution in [0.15, 0.2) is 65.3 Å². The number of imidazole rings is 1. The number of esters is 1. The lowest BCUT2D eigenvalue weighted by Crippen LogP contribution is -2.08. The highest BCUT2D eigenvalue weighted by atomic mass is 79.9. The van der Waals surface area contributed by atoms with E-state index in [2.05, 4.69) is 25.9 Å². The molecule has 0 aliphatic rings. The Kier molecular flexibility index (Phi) is 6.39. The molecular weight excluding hydrogens is 497 g/mol. The van der Waals surface area contributed by atoms with Gasteiger partial charge in [-0.2, -0.15) is 0 Å². The van der Waals surface area contributed by atoms with Crippen LogP contribution in [0.4, 0.5) is 4.39 Å². The summed E-state index contributed by atoms with van der Waals surface area (Å²) in [4.78, 5) is 22.1. The van der Waals surface area contributed by atoms with Crippen LogP contribution >= 0.6 is 27.5 Å². The van der Waals surface area contributed by atoms with Crippen LogP contribution < -0.4 is 0 Å². The van der Waals surface area contributed by atoms with Crippen molar-refractivity contribution in [2.75, 3.05) is 6.61 Å². The minimum absolute atomic E-state index is 0.0654. The molecule has 0 N–H and O–H groups in total. The van der Waals surface area contributed by atoms with Crippen molar-refractivity contribution >= 4 is 33.5 Å². The van der Waals surface area contributed by atoms with Crippen molar-refractivity contribution in [1.29, 1.82) is 0 Å². The Labute approximate surface area is 198 Å². The van der Waals surface area contributed by atoms with Crippen LogP contribution in [0.1, 0.15) is 23.0 Å². The molecule has 0 atom stereocenters. The third-order valence-corrected chi connectivity index (χ3v) is 5.54. The van der Waals surface area contributed by atoms with Crippen LogP contribution in [0.2, 0.25) is 5.02 Å². The predicted molar refractivity (Wildman–Crippen MR) is 126 cm³/mol. The van der Waals surface area contributed by atoms with E-state index < -0.39 is 11.8 Å². The number of hydrogen-bond acceptors (Lipinski definition) is 4. The average Bonchev–Trinajstić information content (AvgIpc) is 3.17. The maximum Gasteiger partial charge on any atom is 0.359 e. The van der Waals surface area contributed by atoms with Crippen LogP contribution in [-0.4, -0.2) is 27.1 Å². The van der Waals surface area contributed by atoms with Gasteiger partial charge in [0.1, 0.15) is 17.5 Å². The first-order valence-electron chi connectivity index (χ1n) is 9.83. The number of aryl methyl sites for hydroxylation is 1. The molecule has 2 aromatic carbocycles. The van der Waals surface area contributed by atoms with Gasteiger partial charge in [0.15, 0.2) is 5.69 Å². The minimum Gasteiger partial charge on any atom is -0.461 e. The molecule has 162 valence electrons. The molecule has 0 saturated heterocycles. The zero-order valence-corrected chi connectivity index (χ0v) is 19.6. The van der Waals surface area contributed by atoms with Gasteiger partial charge in [-0.15, -0.1) is 0 Å². The number of nitrogens with zero attached hydrogens (tertiary/aromatic N) is 3. The largest absolute Gasteiger partial charge is 0.461 e. The van der Waals surface area contributed by atoms with Gasteiger partial charge in [0, 0.05) is 21.8 Å². The fraction of sp³-hybridized carbons (Fsp3) is 0.125. The van der Waals surface area contributed by atoms with E-state index in [1.807, 2.05) is 37.3 Å².